The van der Waals surface area contributed by atoms with Crippen molar-refractivity contribution in [3.05, 3.63) is 12.2 Å². The Labute approximate surface area is 154 Å². The lowest BCUT2D eigenvalue weighted by molar-refractivity contribution is -0.158. The summed E-state index contributed by atoms with van der Waals surface area (Å²) in [7, 11) is 0. The van der Waals surface area contributed by atoms with Gasteiger partial charge in [-0.05, 0) is 32.6 Å². The number of rotatable bonds is 13. The molecule has 1 saturated heterocycles. The molecule has 0 aromatic heterocycles. The average molecular weight is 355 g/mol. The maximum Gasteiger partial charge on any atom is 0.306 e. The highest BCUT2D eigenvalue weighted by Gasteiger charge is 2.33. The van der Waals surface area contributed by atoms with Crippen LogP contribution in [0.5, 0.6) is 0 Å². The van der Waals surface area contributed by atoms with Crippen LogP contribution in [0.3, 0.4) is 0 Å². The molecule has 0 N–H and O–H groups in total. The first kappa shape index (κ1) is 22.2. The van der Waals surface area contributed by atoms with Crippen molar-refractivity contribution in [2.75, 3.05) is 13.2 Å². The van der Waals surface area contributed by atoms with Gasteiger partial charge in [0, 0.05) is 6.42 Å². The van der Waals surface area contributed by atoms with Gasteiger partial charge in [0.2, 0.25) is 0 Å². The van der Waals surface area contributed by atoms with Gasteiger partial charge in [-0.25, -0.2) is 0 Å². The van der Waals surface area contributed by atoms with Crippen LogP contribution in [0, 0.1) is 5.92 Å². The first-order chi connectivity index (χ1) is 11.9. The molecule has 0 spiro atoms. The number of carbonyl (C=O) groups is 1. The topological polar surface area (TPSA) is 44.8 Å². The normalized spacial score (nSPS) is 20.9. The third-order valence-corrected chi connectivity index (χ3v) is 4.49. The molecule has 2 atom stereocenters. The second-order valence-electron chi connectivity index (χ2n) is 7.63. The lowest BCUT2D eigenvalue weighted by atomic mass is 10.0. The predicted molar refractivity (Wildman–Crippen MR) is 101 cm³/mol. The average Bonchev–Trinajstić information content (AvgIpc) is 2.92. The minimum Gasteiger partial charge on any atom is -0.463 e. The van der Waals surface area contributed by atoms with Gasteiger partial charge >= 0.3 is 5.97 Å². The van der Waals surface area contributed by atoms with Crippen LogP contribution in [0.1, 0.15) is 85.5 Å². The second-order valence-corrected chi connectivity index (χ2v) is 7.63. The maximum atomic E-state index is 11.8. The Bertz CT molecular complexity index is 389. The number of hydrogen-bond donors (Lipinski definition) is 0. The minimum atomic E-state index is -0.564. The molecular weight excluding hydrogens is 316 g/mol. The quantitative estimate of drug-likeness (QED) is 0.252. The fourth-order valence-corrected chi connectivity index (χ4v) is 2.98. The van der Waals surface area contributed by atoms with Crippen molar-refractivity contribution in [1.29, 1.82) is 0 Å². The minimum absolute atomic E-state index is 0.146. The number of allylic oxidation sites excluding steroid dienone is 2. The monoisotopic (exact) mass is 354 g/mol. The number of unbranched alkanes of at least 4 members (excludes halogenated alkanes) is 5. The summed E-state index contributed by atoms with van der Waals surface area (Å²) < 4.78 is 16.3. The highest BCUT2D eigenvalue weighted by molar-refractivity contribution is 5.69. The van der Waals surface area contributed by atoms with Crippen molar-refractivity contribution in [2.24, 2.45) is 5.92 Å². The summed E-state index contributed by atoms with van der Waals surface area (Å²) in [5, 5.41) is 0. The van der Waals surface area contributed by atoms with Crippen molar-refractivity contribution in [3.63, 3.8) is 0 Å². The highest BCUT2D eigenvalue weighted by atomic mass is 16.7. The van der Waals surface area contributed by atoms with Crippen LogP contribution in [-0.2, 0) is 19.0 Å². The van der Waals surface area contributed by atoms with E-state index >= 15 is 0 Å². The molecule has 0 aromatic rings. The maximum absolute atomic E-state index is 11.8. The Balaban J connectivity index is 1.99. The number of carbonyl (C=O) groups excluding carboxylic acids is 1. The van der Waals surface area contributed by atoms with Crippen LogP contribution in [0.2, 0.25) is 0 Å². The van der Waals surface area contributed by atoms with Crippen molar-refractivity contribution in [3.8, 4) is 0 Å². The van der Waals surface area contributed by atoms with Gasteiger partial charge in [-0.2, -0.15) is 0 Å². The van der Waals surface area contributed by atoms with Gasteiger partial charge in [0.1, 0.15) is 12.7 Å². The van der Waals surface area contributed by atoms with Gasteiger partial charge in [0.15, 0.2) is 5.79 Å². The van der Waals surface area contributed by atoms with Crippen molar-refractivity contribution in [1.82, 2.24) is 0 Å². The molecule has 1 fully saturated rings. The fourth-order valence-electron chi connectivity index (χ4n) is 2.98. The van der Waals surface area contributed by atoms with Crippen LogP contribution in [0.15, 0.2) is 12.2 Å². The highest BCUT2D eigenvalue weighted by Crippen LogP contribution is 2.22. The fraction of sp³-hybridized carbons (Fsp3) is 0.857. The molecule has 0 aromatic carbocycles. The summed E-state index contributed by atoms with van der Waals surface area (Å²) >= 11 is 0. The van der Waals surface area contributed by atoms with Crippen LogP contribution in [0.25, 0.3) is 0 Å². The smallest absolute Gasteiger partial charge is 0.306 e. The van der Waals surface area contributed by atoms with E-state index < -0.39 is 5.79 Å². The van der Waals surface area contributed by atoms with E-state index in [1.807, 2.05) is 13.8 Å². The number of esters is 1. The van der Waals surface area contributed by atoms with Gasteiger partial charge < -0.3 is 14.2 Å². The second kappa shape index (κ2) is 12.5. The Hall–Kier alpha value is -0.870. The van der Waals surface area contributed by atoms with E-state index in [0.717, 1.165) is 6.42 Å². The Morgan fingerprint density at radius 1 is 1.24 bits per heavy atom. The van der Waals surface area contributed by atoms with Crippen LogP contribution < -0.4 is 0 Å². The van der Waals surface area contributed by atoms with Crippen LogP contribution in [0.4, 0.5) is 0 Å². The predicted octanol–water partition coefficient (Wildman–Crippen LogP) is 5.40. The summed E-state index contributed by atoms with van der Waals surface area (Å²) in [6, 6.07) is 0. The molecule has 1 aliphatic rings. The summed E-state index contributed by atoms with van der Waals surface area (Å²) in [4.78, 5) is 11.8. The Morgan fingerprint density at radius 3 is 2.64 bits per heavy atom. The van der Waals surface area contributed by atoms with E-state index in [2.05, 4.69) is 26.0 Å². The van der Waals surface area contributed by atoms with E-state index in [0.29, 0.717) is 18.9 Å². The van der Waals surface area contributed by atoms with Crippen molar-refractivity contribution in [2.45, 2.75) is 97.4 Å². The largest absolute Gasteiger partial charge is 0.463 e. The third kappa shape index (κ3) is 11.4. The van der Waals surface area contributed by atoms with Crippen molar-refractivity contribution < 1.29 is 19.0 Å². The molecule has 25 heavy (non-hydrogen) atoms. The van der Waals surface area contributed by atoms with Crippen molar-refractivity contribution >= 4 is 5.97 Å². The Morgan fingerprint density at radius 2 is 1.96 bits per heavy atom. The van der Waals surface area contributed by atoms with Gasteiger partial charge in [-0.1, -0.05) is 64.5 Å². The molecule has 1 rings (SSSR count). The number of hydrogen-bond acceptors (Lipinski definition) is 4. The molecule has 0 aliphatic carbocycles. The summed E-state index contributed by atoms with van der Waals surface area (Å²) in [5.74, 6) is -0.138. The summed E-state index contributed by atoms with van der Waals surface area (Å²) in [6.07, 6.45) is 14.7. The molecule has 1 heterocycles. The zero-order valence-corrected chi connectivity index (χ0v) is 16.7. The van der Waals surface area contributed by atoms with E-state index in [1.165, 1.54) is 44.9 Å². The zero-order chi connectivity index (χ0) is 18.5. The molecule has 4 heteroatoms. The molecule has 1 aliphatic heterocycles. The van der Waals surface area contributed by atoms with E-state index in [9.17, 15) is 4.79 Å². The molecule has 4 nitrogen and oxygen atoms in total. The Kier molecular flexibility index (Phi) is 11.1. The lowest BCUT2D eigenvalue weighted by Gasteiger charge is -2.16. The molecule has 0 radical (unpaired) electrons. The van der Waals surface area contributed by atoms with E-state index in [4.69, 9.17) is 14.2 Å². The standard InChI is InChI=1S/C21H38O4/c1-5-6-7-8-9-10-13-18(2)14-11-12-15-20(22)23-16-19-17-24-21(3,4)25-19/h11,14,18-19H,5-10,12-13,15-17H2,1-4H3/b14-11+. The van der Waals surface area contributed by atoms with Crippen LogP contribution >= 0.6 is 0 Å². The number of ether oxygens (including phenoxy) is 3. The molecular formula is C21H38O4. The molecule has 2 unspecified atom stereocenters. The van der Waals surface area contributed by atoms with Gasteiger partial charge in [-0.15, -0.1) is 0 Å². The SMILES string of the molecule is CCCCCCCCC(C)/C=C/CCC(=O)OCC1COC(C)(C)O1. The first-order valence-corrected chi connectivity index (χ1v) is 10.1. The zero-order valence-electron chi connectivity index (χ0n) is 16.7. The van der Waals surface area contributed by atoms with Crippen LogP contribution in [-0.4, -0.2) is 31.1 Å². The van der Waals surface area contributed by atoms with Gasteiger partial charge in [-0.3, -0.25) is 4.79 Å². The molecule has 0 saturated carbocycles. The first-order valence-electron chi connectivity index (χ1n) is 10.1. The summed E-state index contributed by atoms with van der Waals surface area (Å²) in [5.41, 5.74) is 0. The molecule has 0 bridgehead atoms. The summed E-state index contributed by atoms with van der Waals surface area (Å²) in [6.45, 7) is 8.99. The lowest BCUT2D eigenvalue weighted by Crippen LogP contribution is -2.25. The van der Waals surface area contributed by atoms with Gasteiger partial charge in [0.25, 0.3) is 0 Å². The van der Waals surface area contributed by atoms with Gasteiger partial charge in [0.05, 0.1) is 6.61 Å². The van der Waals surface area contributed by atoms with E-state index in [-0.39, 0.29) is 18.7 Å². The molecule has 0 amide bonds. The van der Waals surface area contributed by atoms with E-state index in [1.54, 1.807) is 0 Å². The third-order valence-electron chi connectivity index (χ3n) is 4.49. The molecule has 146 valence electrons.